The summed E-state index contributed by atoms with van der Waals surface area (Å²) in [4.78, 5) is 11.8. The molecule has 0 aromatic carbocycles. The number of aromatic nitrogens is 2. The molecule has 2 aromatic rings. The molecule has 0 fully saturated rings. The van der Waals surface area contributed by atoms with Gasteiger partial charge in [-0.2, -0.15) is 5.26 Å². The average molecular weight is 307 g/mol. The lowest BCUT2D eigenvalue weighted by molar-refractivity contribution is -0.113. The Hall–Kier alpha value is -2.31. The topological polar surface area (TPSA) is 131 Å². The molecule has 2 rings (SSSR count). The number of nitrogens with one attached hydrogen (secondary N) is 1. The quantitative estimate of drug-likeness (QED) is 0.791. The maximum absolute atomic E-state index is 11.8. The van der Waals surface area contributed by atoms with Crippen LogP contribution in [0.3, 0.4) is 0 Å². The van der Waals surface area contributed by atoms with Crippen LogP contribution < -0.4 is 11.1 Å². The van der Waals surface area contributed by atoms with E-state index >= 15 is 0 Å². The van der Waals surface area contributed by atoms with Gasteiger partial charge in [-0.05, 0) is 13.8 Å². The van der Waals surface area contributed by atoms with Crippen LogP contribution in [-0.4, -0.2) is 21.9 Å². The summed E-state index contributed by atoms with van der Waals surface area (Å²) < 4.78 is 10.5. The Morgan fingerprint density at radius 2 is 2.19 bits per heavy atom. The molecule has 8 nitrogen and oxygen atoms in total. The van der Waals surface area contributed by atoms with Gasteiger partial charge in [-0.15, -0.1) is 10.2 Å². The number of furan rings is 1. The van der Waals surface area contributed by atoms with E-state index in [1.54, 1.807) is 13.8 Å². The maximum atomic E-state index is 11.8. The second-order valence-corrected chi connectivity index (χ2v) is 5.03. The standard InChI is InChI=1S/C12H13N5O3S/c1-6-7(2)19-11(8(6)3-13)15-9(18)5-21-12-17-16-10(4-14)20-12/h4-5,14H2,1-2H3,(H,15,18). The van der Waals surface area contributed by atoms with Crippen molar-refractivity contribution in [3.8, 4) is 6.07 Å². The average Bonchev–Trinajstić information content (AvgIpc) is 3.02. The van der Waals surface area contributed by atoms with Crippen molar-refractivity contribution >= 4 is 23.6 Å². The number of aryl methyl sites for hydroxylation is 1. The van der Waals surface area contributed by atoms with E-state index in [9.17, 15) is 4.79 Å². The molecule has 0 saturated heterocycles. The van der Waals surface area contributed by atoms with Gasteiger partial charge in [0.2, 0.25) is 17.7 Å². The predicted octanol–water partition coefficient (Wildman–Crippen LogP) is 1.34. The highest BCUT2D eigenvalue weighted by Crippen LogP contribution is 2.25. The lowest BCUT2D eigenvalue weighted by atomic mass is 10.2. The van der Waals surface area contributed by atoms with Crippen molar-refractivity contribution in [1.82, 2.24) is 10.2 Å². The number of amides is 1. The summed E-state index contributed by atoms with van der Waals surface area (Å²) in [6.07, 6.45) is 0. The van der Waals surface area contributed by atoms with Crippen LogP contribution in [0, 0.1) is 25.2 Å². The molecule has 3 N–H and O–H groups in total. The van der Waals surface area contributed by atoms with Crippen molar-refractivity contribution in [1.29, 1.82) is 5.26 Å². The highest BCUT2D eigenvalue weighted by molar-refractivity contribution is 7.99. The number of nitriles is 1. The van der Waals surface area contributed by atoms with Crippen molar-refractivity contribution in [2.75, 3.05) is 11.1 Å². The summed E-state index contributed by atoms with van der Waals surface area (Å²) in [7, 11) is 0. The zero-order valence-corrected chi connectivity index (χ0v) is 12.3. The van der Waals surface area contributed by atoms with Gasteiger partial charge in [0.05, 0.1) is 12.3 Å². The zero-order valence-electron chi connectivity index (χ0n) is 11.5. The minimum absolute atomic E-state index is 0.0515. The van der Waals surface area contributed by atoms with Gasteiger partial charge in [0, 0.05) is 5.56 Å². The predicted molar refractivity (Wildman–Crippen MR) is 74.4 cm³/mol. The summed E-state index contributed by atoms with van der Waals surface area (Å²) in [6.45, 7) is 3.64. The molecule has 0 bridgehead atoms. The van der Waals surface area contributed by atoms with Gasteiger partial charge in [0.1, 0.15) is 17.4 Å². The number of carbonyl (C=O) groups is 1. The minimum Gasteiger partial charge on any atom is -0.444 e. The summed E-state index contributed by atoms with van der Waals surface area (Å²) in [6, 6.07) is 2.00. The fourth-order valence-electron chi connectivity index (χ4n) is 1.52. The van der Waals surface area contributed by atoms with Crippen LogP contribution in [-0.2, 0) is 11.3 Å². The van der Waals surface area contributed by atoms with Crippen LogP contribution in [0.25, 0.3) is 0 Å². The number of nitrogens with two attached hydrogens (primary N) is 1. The molecule has 0 aliphatic rings. The highest BCUT2D eigenvalue weighted by atomic mass is 32.2. The van der Waals surface area contributed by atoms with Crippen molar-refractivity contribution in [3.05, 3.63) is 22.8 Å². The van der Waals surface area contributed by atoms with Crippen LogP contribution >= 0.6 is 11.8 Å². The van der Waals surface area contributed by atoms with Crippen molar-refractivity contribution in [2.45, 2.75) is 25.6 Å². The second kappa shape index (κ2) is 6.43. The molecular weight excluding hydrogens is 294 g/mol. The Morgan fingerprint density at radius 1 is 1.43 bits per heavy atom. The van der Waals surface area contributed by atoms with Crippen molar-refractivity contribution < 1.29 is 13.6 Å². The van der Waals surface area contributed by atoms with Gasteiger partial charge in [0.15, 0.2) is 0 Å². The molecule has 0 radical (unpaired) electrons. The Morgan fingerprint density at radius 3 is 2.81 bits per heavy atom. The van der Waals surface area contributed by atoms with Crippen LogP contribution in [0.15, 0.2) is 14.1 Å². The lowest BCUT2D eigenvalue weighted by Crippen LogP contribution is -2.14. The van der Waals surface area contributed by atoms with E-state index in [4.69, 9.17) is 19.8 Å². The summed E-state index contributed by atoms with van der Waals surface area (Å²) in [5.74, 6) is 0.778. The first-order valence-electron chi connectivity index (χ1n) is 6.00. The summed E-state index contributed by atoms with van der Waals surface area (Å²) in [5.41, 5.74) is 6.38. The van der Waals surface area contributed by atoms with E-state index in [2.05, 4.69) is 15.5 Å². The molecule has 1 amide bonds. The van der Waals surface area contributed by atoms with Crippen LogP contribution in [0.5, 0.6) is 0 Å². The minimum atomic E-state index is -0.335. The fraction of sp³-hybridized carbons (Fsp3) is 0.333. The SMILES string of the molecule is Cc1oc(NC(=O)CSc2nnc(CN)o2)c(C#N)c1C. The van der Waals surface area contributed by atoms with Gasteiger partial charge in [-0.3, -0.25) is 10.1 Å². The Kier molecular flexibility index (Phi) is 4.62. The van der Waals surface area contributed by atoms with E-state index in [-0.39, 0.29) is 29.3 Å². The zero-order chi connectivity index (χ0) is 15.4. The fourth-order valence-corrected chi connectivity index (χ4v) is 2.10. The van der Waals surface area contributed by atoms with Gasteiger partial charge in [-0.1, -0.05) is 11.8 Å². The number of hydrogen-bond donors (Lipinski definition) is 2. The molecule has 0 spiro atoms. The van der Waals surface area contributed by atoms with Crippen LogP contribution in [0.1, 0.15) is 22.8 Å². The van der Waals surface area contributed by atoms with E-state index in [0.29, 0.717) is 22.8 Å². The molecule has 0 saturated carbocycles. The van der Waals surface area contributed by atoms with E-state index in [1.165, 1.54) is 0 Å². The molecule has 0 aliphatic heterocycles. The monoisotopic (exact) mass is 307 g/mol. The lowest BCUT2D eigenvalue weighted by Gasteiger charge is -2.00. The van der Waals surface area contributed by atoms with E-state index in [0.717, 1.165) is 11.8 Å². The van der Waals surface area contributed by atoms with E-state index < -0.39 is 0 Å². The molecule has 0 atom stereocenters. The van der Waals surface area contributed by atoms with E-state index in [1.807, 2.05) is 6.07 Å². The number of thioether (sulfide) groups is 1. The first-order chi connectivity index (χ1) is 10.0. The van der Waals surface area contributed by atoms with Crippen molar-refractivity contribution in [2.24, 2.45) is 5.73 Å². The molecule has 0 aliphatic carbocycles. The number of carbonyl (C=O) groups excluding carboxylic acids is 1. The molecule has 0 unspecified atom stereocenters. The smallest absolute Gasteiger partial charge is 0.277 e. The summed E-state index contributed by atoms with van der Waals surface area (Å²) >= 11 is 1.08. The Labute approximate surface area is 124 Å². The number of nitrogens with zero attached hydrogens (tertiary/aromatic N) is 3. The third-order valence-corrected chi connectivity index (χ3v) is 3.52. The van der Waals surface area contributed by atoms with Gasteiger partial charge < -0.3 is 14.6 Å². The number of anilines is 1. The summed E-state index contributed by atoms with van der Waals surface area (Å²) in [5, 5.41) is 19.3. The van der Waals surface area contributed by atoms with Crippen LogP contribution in [0.4, 0.5) is 5.88 Å². The number of hydrogen-bond acceptors (Lipinski definition) is 8. The molecule has 2 heterocycles. The Balaban J connectivity index is 1.96. The first kappa shape index (κ1) is 15.1. The molecule has 21 heavy (non-hydrogen) atoms. The van der Waals surface area contributed by atoms with Gasteiger partial charge in [-0.25, -0.2) is 0 Å². The molecule has 9 heteroatoms. The third kappa shape index (κ3) is 3.42. The molecule has 2 aromatic heterocycles. The second-order valence-electron chi connectivity index (χ2n) is 4.10. The molecule has 110 valence electrons. The van der Waals surface area contributed by atoms with Gasteiger partial charge >= 0.3 is 0 Å². The number of rotatable bonds is 5. The third-order valence-electron chi connectivity index (χ3n) is 2.70. The molecular formula is C12H13N5O3S. The largest absolute Gasteiger partial charge is 0.444 e. The first-order valence-corrected chi connectivity index (χ1v) is 6.99. The maximum Gasteiger partial charge on any atom is 0.277 e. The van der Waals surface area contributed by atoms with Crippen LogP contribution in [0.2, 0.25) is 0 Å². The highest BCUT2D eigenvalue weighted by Gasteiger charge is 2.17. The normalized spacial score (nSPS) is 10.4. The Bertz CT molecular complexity index is 700. The van der Waals surface area contributed by atoms with Crippen molar-refractivity contribution in [3.63, 3.8) is 0 Å². The van der Waals surface area contributed by atoms with Gasteiger partial charge in [0.25, 0.3) is 5.22 Å².